The number of hydrogen-bond donors (Lipinski definition) is 1. The number of likely N-dealkylation sites (tertiary alicyclic amines) is 1. The van der Waals surface area contributed by atoms with Gasteiger partial charge in [0.15, 0.2) is 5.41 Å². The molecule has 1 aromatic carbocycles. The molecule has 0 bridgehead atoms. The maximum atomic E-state index is 13.2. The maximum Gasteiger partial charge on any atom is 0.406 e. The van der Waals surface area contributed by atoms with Gasteiger partial charge in [0.05, 0.1) is 12.2 Å². The van der Waals surface area contributed by atoms with Crippen LogP contribution in [-0.2, 0) is 11.3 Å². The molecule has 0 aliphatic carbocycles. The molecule has 128 valence electrons. The molecule has 3 rings (SSSR count). The third-order valence-corrected chi connectivity index (χ3v) is 4.28. The SMILES string of the molecule is O=C(O)C1(C(F)(F)F)CCN(Cc2ncnn2-c2ccccc2)C1. The van der Waals surface area contributed by atoms with E-state index in [2.05, 4.69) is 10.1 Å². The van der Waals surface area contributed by atoms with Crippen LogP contribution in [0.3, 0.4) is 0 Å². The van der Waals surface area contributed by atoms with Crippen molar-refractivity contribution in [1.82, 2.24) is 19.7 Å². The highest BCUT2D eigenvalue weighted by atomic mass is 19.4. The zero-order valence-corrected chi connectivity index (χ0v) is 12.6. The van der Waals surface area contributed by atoms with Gasteiger partial charge in [-0.3, -0.25) is 9.69 Å². The van der Waals surface area contributed by atoms with E-state index in [4.69, 9.17) is 5.11 Å². The lowest BCUT2D eigenvalue weighted by atomic mass is 9.86. The third-order valence-electron chi connectivity index (χ3n) is 4.28. The van der Waals surface area contributed by atoms with Crippen LogP contribution in [0.1, 0.15) is 12.2 Å². The Morgan fingerprint density at radius 1 is 1.29 bits per heavy atom. The van der Waals surface area contributed by atoms with Gasteiger partial charge >= 0.3 is 12.1 Å². The van der Waals surface area contributed by atoms with Crippen LogP contribution in [0.25, 0.3) is 5.69 Å². The van der Waals surface area contributed by atoms with Crippen LogP contribution in [0.2, 0.25) is 0 Å². The predicted octanol–water partition coefficient (Wildman–Crippen LogP) is 2.11. The van der Waals surface area contributed by atoms with Crippen LogP contribution in [-0.4, -0.2) is 50.0 Å². The van der Waals surface area contributed by atoms with Gasteiger partial charge in [-0.15, -0.1) is 0 Å². The lowest BCUT2D eigenvalue weighted by Crippen LogP contribution is -2.47. The van der Waals surface area contributed by atoms with E-state index in [1.165, 1.54) is 15.9 Å². The molecule has 9 heteroatoms. The van der Waals surface area contributed by atoms with Crippen molar-refractivity contribution in [2.45, 2.75) is 19.1 Å². The average Bonchev–Trinajstić information content (AvgIpc) is 3.15. The summed E-state index contributed by atoms with van der Waals surface area (Å²) in [5.74, 6) is -1.37. The molecule has 6 nitrogen and oxygen atoms in total. The Kier molecular flexibility index (Phi) is 4.04. The normalized spacial score (nSPS) is 22.0. The first kappa shape index (κ1) is 16.4. The second-order valence-electron chi connectivity index (χ2n) is 5.77. The number of para-hydroxylation sites is 1. The molecule has 1 saturated heterocycles. The zero-order chi connectivity index (χ0) is 17.4. The molecule has 2 heterocycles. The lowest BCUT2D eigenvalue weighted by Gasteiger charge is -2.27. The van der Waals surface area contributed by atoms with Crippen molar-refractivity contribution in [1.29, 1.82) is 0 Å². The second-order valence-corrected chi connectivity index (χ2v) is 5.77. The van der Waals surface area contributed by atoms with Gasteiger partial charge in [0.2, 0.25) is 0 Å². The fourth-order valence-electron chi connectivity index (χ4n) is 2.91. The molecule has 0 amide bonds. The Bertz CT molecular complexity index is 732. The van der Waals surface area contributed by atoms with Crippen molar-refractivity contribution >= 4 is 5.97 Å². The molecule has 1 atom stereocenters. The Hall–Kier alpha value is -2.42. The fraction of sp³-hybridized carbons (Fsp3) is 0.400. The summed E-state index contributed by atoms with van der Waals surface area (Å²) < 4.78 is 41.2. The smallest absolute Gasteiger partial charge is 0.406 e. The van der Waals surface area contributed by atoms with Crippen molar-refractivity contribution in [3.8, 4) is 5.69 Å². The van der Waals surface area contributed by atoms with Crippen molar-refractivity contribution < 1.29 is 23.1 Å². The van der Waals surface area contributed by atoms with Gasteiger partial charge in [0.1, 0.15) is 12.2 Å². The minimum atomic E-state index is -4.79. The van der Waals surface area contributed by atoms with Crippen LogP contribution in [0.4, 0.5) is 13.2 Å². The molecule has 0 saturated carbocycles. The van der Waals surface area contributed by atoms with Crippen LogP contribution in [0.15, 0.2) is 36.7 Å². The fourth-order valence-corrected chi connectivity index (χ4v) is 2.91. The molecular weight excluding hydrogens is 325 g/mol. The van der Waals surface area contributed by atoms with Crippen molar-refractivity contribution in [3.05, 3.63) is 42.5 Å². The summed E-state index contributed by atoms with van der Waals surface area (Å²) in [6, 6.07) is 9.08. The van der Waals surface area contributed by atoms with Crippen LogP contribution in [0, 0.1) is 5.41 Å². The van der Waals surface area contributed by atoms with Gasteiger partial charge in [-0.1, -0.05) is 18.2 Å². The lowest BCUT2D eigenvalue weighted by molar-refractivity contribution is -0.227. The van der Waals surface area contributed by atoms with Gasteiger partial charge in [-0.05, 0) is 18.6 Å². The largest absolute Gasteiger partial charge is 0.481 e. The topological polar surface area (TPSA) is 71.2 Å². The number of nitrogens with zero attached hydrogens (tertiary/aromatic N) is 4. The number of benzene rings is 1. The predicted molar refractivity (Wildman–Crippen MR) is 77.4 cm³/mol. The van der Waals surface area contributed by atoms with Gasteiger partial charge in [0, 0.05) is 13.1 Å². The quantitative estimate of drug-likeness (QED) is 0.923. The molecule has 1 unspecified atom stereocenters. The standard InChI is InChI=1S/C15H15F3N4O2/c16-15(17,18)14(13(23)24)6-7-21(9-14)8-12-19-10-20-22(12)11-4-2-1-3-5-11/h1-5,10H,6-9H2,(H,23,24). The summed E-state index contributed by atoms with van der Waals surface area (Å²) in [5.41, 5.74) is -1.98. The molecular formula is C15H15F3N4O2. The van der Waals surface area contributed by atoms with Crippen LogP contribution >= 0.6 is 0 Å². The number of carbonyl (C=O) groups is 1. The molecule has 2 aromatic rings. The number of hydrogen-bond acceptors (Lipinski definition) is 4. The monoisotopic (exact) mass is 340 g/mol. The summed E-state index contributed by atoms with van der Waals surface area (Å²) in [6.45, 7) is -0.457. The Morgan fingerprint density at radius 3 is 2.58 bits per heavy atom. The van der Waals surface area contributed by atoms with Crippen LogP contribution < -0.4 is 0 Å². The summed E-state index contributed by atoms with van der Waals surface area (Å²) >= 11 is 0. The van der Waals surface area contributed by atoms with E-state index in [-0.39, 0.29) is 13.1 Å². The number of carboxylic acids is 1. The number of carboxylic acid groups (broad SMARTS) is 1. The van der Waals surface area contributed by atoms with E-state index in [0.717, 1.165) is 5.69 Å². The summed E-state index contributed by atoms with van der Waals surface area (Å²) in [4.78, 5) is 16.8. The molecule has 1 aliphatic heterocycles. The van der Waals surface area contributed by atoms with E-state index in [0.29, 0.717) is 5.82 Å². The first-order valence-corrected chi connectivity index (χ1v) is 7.30. The zero-order valence-electron chi connectivity index (χ0n) is 12.6. The molecule has 24 heavy (non-hydrogen) atoms. The van der Waals surface area contributed by atoms with E-state index in [1.54, 1.807) is 12.1 Å². The maximum absolute atomic E-state index is 13.2. The summed E-state index contributed by atoms with van der Waals surface area (Å²) in [6.07, 6.45) is -3.93. The number of halogens is 3. The second kappa shape index (κ2) is 5.90. The van der Waals surface area contributed by atoms with Gasteiger partial charge in [0.25, 0.3) is 0 Å². The minimum Gasteiger partial charge on any atom is -0.481 e. The molecule has 1 aromatic heterocycles. The molecule has 0 radical (unpaired) electrons. The average molecular weight is 340 g/mol. The summed E-state index contributed by atoms with van der Waals surface area (Å²) in [7, 11) is 0. The molecule has 1 aliphatic rings. The number of aliphatic carboxylic acids is 1. The molecule has 0 spiro atoms. The van der Waals surface area contributed by atoms with Gasteiger partial charge in [-0.2, -0.15) is 18.3 Å². The van der Waals surface area contributed by atoms with E-state index >= 15 is 0 Å². The molecule has 1 fully saturated rings. The first-order chi connectivity index (χ1) is 11.3. The number of alkyl halides is 3. The van der Waals surface area contributed by atoms with Crippen LogP contribution in [0.5, 0.6) is 0 Å². The van der Waals surface area contributed by atoms with Crippen molar-refractivity contribution in [2.24, 2.45) is 5.41 Å². The highest BCUT2D eigenvalue weighted by molar-refractivity contribution is 5.76. The van der Waals surface area contributed by atoms with Crippen molar-refractivity contribution in [3.63, 3.8) is 0 Å². The third kappa shape index (κ3) is 2.75. The summed E-state index contributed by atoms with van der Waals surface area (Å²) in [5, 5.41) is 13.2. The first-order valence-electron chi connectivity index (χ1n) is 7.30. The minimum absolute atomic E-state index is 0.0352. The van der Waals surface area contributed by atoms with Gasteiger partial charge in [-0.25, -0.2) is 9.67 Å². The number of aromatic nitrogens is 3. The van der Waals surface area contributed by atoms with Crippen molar-refractivity contribution in [2.75, 3.05) is 13.1 Å². The highest BCUT2D eigenvalue weighted by Crippen LogP contribution is 2.45. The van der Waals surface area contributed by atoms with E-state index < -0.39 is 30.5 Å². The Morgan fingerprint density at radius 2 is 2.00 bits per heavy atom. The Balaban J connectivity index is 1.80. The van der Waals surface area contributed by atoms with E-state index in [9.17, 15) is 18.0 Å². The highest BCUT2D eigenvalue weighted by Gasteiger charge is 2.63. The van der Waals surface area contributed by atoms with E-state index in [1.807, 2.05) is 18.2 Å². The molecule has 1 N–H and O–H groups in total. The van der Waals surface area contributed by atoms with Gasteiger partial charge < -0.3 is 5.11 Å². The number of rotatable bonds is 4. The Labute approximate surface area is 135 Å².